The molecule has 0 bridgehead atoms. The van der Waals surface area contributed by atoms with Crippen LogP contribution in [0.1, 0.15) is 17.7 Å². The number of aromatic hydroxyl groups is 1. The highest BCUT2D eigenvalue weighted by molar-refractivity contribution is 5.31. The molecule has 1 aromatic rings. The van der Waals surface area contributed by atoms with Crippen LogP contribution in [0.15, 0.2) is 12.3 Å². The first-order valence-corrected chi connectivity index (χ1v) is 3.31. The van der Waals surface area contributed by atoms with E-state index in [0.29, 0.717) is 0 Å². The van der Waals surface area contributed by atoms with Gasteiger partial charge in [0.2, 0.25) is 0 Å². The molecule has 0 aromatic carbocycles. The highest BCUT2D eigenvalue weighted by Gasteiger charge is 2.10. The van der Waals surface area contributed by atoms with E-state index >= 15 is 0 Å². The SMILES string of the molecule is NCc1cc(C(F)F)ncc1O. The van der Waals surface area contributed by atoms with Crippen molar-refractivity contribution >= 4 is 0 Å². The van der Waals surface area contributed by atoms with E-state index in [1.54, 1.807) is 0 Å². The van der Waals surface area contributed by atoms with Crippen LogP contribution in [-0.2, 0) is 6.54 Å². The van der Waals surface area contributed by atoms with Gasteiger partial charge in [0, 0.05) is 12.1 Å². The van der Waals surface area contributed by atoms with Crippen LogP contribution in [-0.4, -0.2) is 10.1 Å². The average Bonchev–Trinajstić information content (AvgIpc) is 2.05. The summed E-state index contributed by atoms with van der Waals surface area (Å²) in [5.74, 6) is -0.151. The Bertz CT molecular complexity index is 278. The van der Waals surface area contributed by atoms with Gasteiger partial charge in [-0.15, -0.1) is 0 Å². The number of hydrogen-bond donors (Lipinski definition) is 2. The van der Waals surface area contributed by atoms with Crippen molar-refractivity contribution < 1.29 is 13.9 Å². The van der Waals surface area contributed by atoms with Gasteiger partial charge in [0.25, 0.3) is 6.43 Å². The minimum atomic E-state index is -2.63. The number of hydrogen-bond acceptors (Lipinski definition) is 3. The summed E-state index contributed by atoms with van der Waals surface area (Å²) in [5, 5.41) is 9.03. The number of rotatable bonds is 2. The van der Waals surface area contributed by atoms with Crippen molar-refractivity contribution in [1.29, 1.82) is 0 Å². The van der Waals surface area contributed by atoms with Crippen LogP contribution in [0.25, 0.3) is 0 Å². The van der Waals surface area contributed by atoms with Crippen molar-refractivity contribution in [2.24, 2.45) is 5.73 Å². The van der Waals surface area contributed by atoms with E-state index < -0.39 is 6.43 Å². The van der Waals surface area contributed by atoms with Gasteiger partial charge in [-0.1, -0.05) is 0 Å². The summed E-state index contributed by atoms with van der Waals surface area (Å²) >= 11 is 0. The first-order valence-electron chi connectivity index (χ1n) is 3.31. The molecule has 0 atom stereocenters. The maximum absolute atomic E-state index is 12.0. The van der Waals surface area contributed by atoms with Crippen LogP contribution in [0.4, 0.5) is 8.78 Å². The summed E-state index contributed by atoms with van der Waals surface area (Å²) in [6, 6.07) is 1.10. The molecule has 0 saturated carbocycles. The quantitative estimate of drug-likeness (QED) is 0.707. The second-order valence-electron chi connectivity index (χ2n) is 2.24. The van der Waals surface area contributed by atoms with E-state index in [-0.39, 0.29) is 23.6 Å². The number of aromatic nitrogens is 1. The van der Waals surface area contributed by atoms with Gasteiger partial charge in [-0.05, 0) is 6.07 Å². The molecule has 0 spiro atoms. The van der Waals surface area contributed by atoms with Crippen LogP contribution < -0.4 is 5.73 Å². The predicted octanol–water partition coefficient (Wildman–Crippen LogP) is 1.18. The third-order valence-corrected chi connectivity index (χ3v) is 1.43. The molecular weight excluding hydrogens is 166 g/mol. The Morgan fingerprint density at radius 2 is 2.25 bits per heavy atom. The maximum atomic E-state index is 12.0. The van der Waals surface area contributed by atoms with Crippen LogP contribution >= 0.6 is 0 Å². The summed E-state index contributed by atoms with van der Waals surface area (Å²) < 4.78 is 24.1. The van der Waals surface area contributed by atoms with Gasteiger partial charge in [-0.25, -0.2) is 8.78 Å². The fourth-order valence-corrected chi connectivity index (χ4v) is 0.791. The molecule has 0 amide bonds. The zero-order chi connectivity index (χ0) is 9.14. The van der Waals surface area contributed by atoms with Crippen LogP contribution in [0.2, 0.25) is 0 Å². The smallest absolute Gasteiger partial charge is 0.280 e. The summed E-state index contributed by atoms with van der Waals surface area (Å²) in [7, 11) is 0. The van der Waals surface area contributed by atoms with Crippen molar-refractivity contribution in [1.82, 2.24) is 4.98 Å². The molecule has 0 aliphatic heterocycles. The van der Waals surface area contributed by atoms with Gasteiger partial charge in [0.15, 0.2) is 0 Å². The molecule has 0 fully saturated rings. The fourth-order valence-electron chi connectivity index (χ4n) is 0.791. The lowest BCUT2D eigenvalue weighted by Gasteiger charge is -2.03. The molecule has 0 unspecified atom stereocenters. The summed E-state index contributed by atoms with van der Waals surface area (Å²) in [6.07, 6.45) is -1.65. The molecule has 0 saturated heterocycles. The van der Waals surface area contributed by atoms with E-state index in [0.717, 1.165) is 12.3 Å². The molecule has 0 aliphatic carbocycles. The Labute approximate surface area is 67.8 Å². The summed E-state index contributed by atoms with van der Waals surface area (Å²) in [6.45, 7) is 0.0219. The maximum Gasteiger partial charge on any atom is 0.280 e. The molecule has 1 heterocycles. The highest BCUT2D eigenvalue weighted by Crippen LogP contribution is 2.21. The minimum Gasteiger partial charge on any atom is -0.506 e. The van der Waals surface area contributed by atoms with E-state index in [2.05, 4.69) is 4.98 Å². The summed E-state index contributed by atoms with van der Waals surface area (Å²) in [5.41, 5.74) is 5.10. The Kier molecular flexibility index (Phi) is 2.54. The second kappa shape index (κ2) is 3.44. The Hall–Kier alpha value is -1.23. The topological polar surface area (TPSA) is 59.1 Å². The molecule has 66 valence electrons. The van der Waals surface area contributed by atoms with Crippen LogP contribution in [0.3, 0.4) is 0 Å². The number of alkyl halides is 2. The molecule has 3 nitrogen and oxygen atoms in total. The first-order chi connectivity index (χ1) is 5.65. The number of nitrogens with zero attached hydrogens (tertiary/aromatic N) is 1. The Morgan fingerprint density at radius 1 is 1.58 bits per heavy atom. The molecular formula is C7H8F2N2O. The van der Waals surface area contributed by atoms with E-state index in [1.165, 1.54) is 0 Å². The zero-order valence-electron chi connectivity index (χ0n) is 6.17. The number of nitrogens with two attached hydrogens (primary N) is 1. The predicted molar refractivity (Wildman–Crippen MR) is 38.8 cm³/mol. The third-order valence-electron chi connectivity index (χ3n) is 1.43. The standard InChI is InChI=1S/C7H8F2N2O/c8-7(9)5-1-4(2-10)6(12)3-11-5/h1,3,7,12H,2,10H2. The van der Waals surface area contributed by atoms with Crippen molar-refractivity contribution in [2.45, 2.75) is 13.0 Å². The van der Waals surface area contributed by atoms with Gasteiger partial charge < -0.3 is 10.8 Å². The van der Waals surface area contributed by atoms with Crippen molar-refractivity contribution in [3.63, 3.8) is 0 Å². The normalized spacial score (nSPS) is 10.7. The first kappa shape index (κ1) is 8.86. The van der Waals surface area contributed by atoms with Gasteiger partial charge in [0.1, 0.15) is 11.4 Å². The minimum absolute atomic E-state index is 0.0219. The molecule has 5 heteroatoms. The lowest BCUT2D eigenvalue weighted by molar-refractivity contribution is 0.146. The van der Waals surface area contributed by atoms with Gasteiger partial charge in [-0.3, -0.25) is 4.98 Å². The third kappa shape index (κ3) is 1.68. The number of pyridine rings is 1. The molecule has 0 aliphatic rings. The average molecular weight is 174 g/mol. The van der Waals surface area contributed by atoms with Crippen molar-refractivity contribution in [2.75, 3.05) is 0 Å². The molecule has 12 heavy (non-hydrogen) atoms. The molecule has 1 aromatic heterocycles. The van der Waals surface area contributed by atoms with Gasteiger partial charge >= 0.3 is 0 Å². The Balaban J connectivity index is 3.05. The summed E-state index contributed by atoms with van der Waals surface area (Å²) in [4.78, 5) is 3.33. The van der Waals surface area contributed by atoms with Gasteiger partial charge in [0.05, 0.1) is 6.20 Å². The van der Waals surface area contributed by atoms with Crippen LogP contribution in [0, 0.1) is 0 Å². The molecule has 0 radical (unpaired) electrons. The van der Waals surface area contributed by atoms with Crippen LogP contribution in [0.5, 0.6) is 5.75 Å². The second-order valence-corrected chi connectivity index (χ2v) is 2.24. The lowest BCUT2D eigenvalue weighted by Crippen LogP contribution is -1.99. The zero-order valence-corrected chi connectivity index (χ0v) is 6.17. The van der Waals surface area contributed by atoms with E-state index in [1.807, 2.05) is 0 Å². The fraction of sp³-hybridized carbons (Fsp3) is 0.286. The molecule has 1 rings (SSSR count). The van der Waals surface area contributed by atoms with Crippen molar-refractivity contribution in [3.05, 3.63) is 23.5 Å². The number of halogens is 2. The van der Waals surface area contributed by atoms with E-state index in [9.17, 15) is 8.78 Å². The van der Waals surface area contributed by atoms with Gasteiger partial charge in [-0.2, -0.15) is 0 Å². The molecule has 3 N–H and O–H groups in total. The monoisotopic (exact) mass is 174 g/mol. The van der Waals surface area contributed by atoms with E-state index in [4.69, 9.17) is 10.8 Å². The lowest BCUT2D eigenvalue weighted by atomic mass is 10.2. The Morgan fingerprint density at radius 3 is 2.75 bits per heavy atom. The highest BCUT2D eigenvalue weighted by atomic mass is 19.3. The van der Waals surface area contributed by atoms with Crippen molar-refractivity contribution in [3.8, 4) is 5.75 Å². The largest absolute Gasteiger partial charge is 0.506 e.